The molecule has 2 aromatic rings. The number of carbonyl (C=O) groups excluding carboxylic acids is 1. The number of carbonyl (C=O) groups is 1. The van der Waals surface area contributed by atoms with Crippen molar-refractivity contribution in [3.05, 3.63) is 30.0 Å². The highest BCUT2D eigenvalue weighted by atomic mass is 16.5. The number of nitrogens with zero attached hydrogens (tertiary/aromatic N) is 3. The zero-order chi connectivity index (χ0) is 22.0. The molecule has 3 aliphatic rings. The molecule has 2 bridgehead atoms. The van der Waals surface area contributed by atoms with Crippen molar-refractivity contribution in [3.8, 4) is 22.8 Å². The zero-order valence-corrected chi connectivity index (χ0v) is 18.8. The number of hydrogen-bond acceptors (Lipinski definition) is 6. The van der Waals surface area contributed by atoms with Gasteiger partial charge in [-0.15, -0.1) is 0 Å². The number of fused-ring (bicyclic) bond motifs is 3. The van der Waals surface area contributed by atoms with E-state index in [1.807, 2.05) is 29.9 Å². The first-order valence-electron chi connectivity index (χ1n) is 10.8. The van der Waals surface area contributed by atoms with Crippen LogP contribution in [0.2, 0.25) is 0 Å². The van der Waals surface area contributed by atoms with Gasteiger partial charge in [0.25, 0.3) is 0 Å². The van der Waals surface area contributed by atoms with Crippen LogP contribution in [-0.2, 0) is 16.6 Å². The summed E-state index contributed by atoms with van der Waals surface area (Å²) in [4.78, 5) is 14.3. The van der Waals surface area contributed by atoms with E-state index in [9.17, 15) is 4.79 Å². The number of piperidine rings is 3. The molecular formula is C23H32N4O4. The van der Waals surface area contributed by atoms with E-state index in [2.05, 4.69) is 16.3 Å². The number of aryl methyl sites for hydroxylation is 1. The highest BCUT2D eigenvalue weighted by Gasteiger charge is 2.41. The van der Waals surface area contributed by atoms with E-state index in [1.165, 1.54) is 12.1 Å². The number of amides is 1. The van der Waals surface area contributed by atoms with Crippen LogP contribution in [-0.4, -0.2) is 74.2 Å². The molecule has 1 amide bonds. The third-order valence-electron chi connectivity index (χ3n) is 6.66. The van der Waals surface area contributed by atoms with Crippen molar-refractivity contribution in [2.24, 2.45) is 13.0 Å². The Hall–Kier alpha value is -2.58. The number of methoxy groups -OCH3 is 3. The fraction of sp³-hybridized carbons (Fsp3) is 0.565. The molecule has 0 radical (unpaired) electrons. The van der Waals surface area contributed by atoms with Gasteiger partial charge in [-0.3, -0.25) is 14.4 Å². The van der Waals surface area contributed by atoms with Crippen molar-refractivity contribution in [2.45, 2.75) is 24.8 Å². The van der Waals surface area contributed by atoms with Gasteiger partial charge in [0.1, 0.15) is 6.61 Å². The summed E-state index contributed by atoms with van der Waals surface area (Å²) in [5.41, 5.74) is 3.22. The molecule has 168 valence electrons. The first-order chi connectivity index (χ1) is 15.0. The second-order valence-electron chi connectivity index (χ2n) is 8.42. The molecule has 3 fully saturated rings. The summed E-state index contributed by atoms with van der Waals surface area (Å²) >= 11 is 0. The van der Waals surface area contributed by atoms with Gasteiger partial charge in [0, 0.05) is 50.5 Å². The Morgan fingerprint density at radius 2 is 2.00 bits per heavy atom. The third kappa shape index (κ3) is 4.41. The molecule has 8 nitrogen and oxygen atoms in total. The second-order valence-corrected chi connectivity index (χ2v) is 8.42. The first kappa shape index (κ1) is 21.6. The van der Waals surface area contributed by atoms with Crippen LogP contribution in [0.4, 0.5) is 0 Å². The van der Waals surface area contributed by atoms with Crippen molar-refractivity contribution >= 4 is 5.91 Å². The molecule has 1 N–H and O–H groups in total. The van der Waals surface area contributed by atoms with Gasteiger partial charge in [0.2, 0.25) is 5.91 Å². The highest BCUT2D eigenvalue weighted by Crippen LogP contribution is 2.42. The fourth-order valence-corrected chi connectivity index (χ4v) is 5.06. The van der Waals surface area contributed by atoms with Gasteiger partial charge >= 0.3 is 0 Å². The summed E-state index contributed by atoms with van der Waals surface area (Å²) in [6, 6.07) is 8.51. The number of hydrogen-bond donors (Lipinski definition) is 1. The lowest BCUT2D eigenvalue weighted by molar-refractivity contribution is -0.125. The Bertz CT molecular complexity index is 928. The maximum Gasteiger partial charge on any atom is 0.246 e. The minimum absolute atomic E-state index is 0.0482. The monoisotopic (exact) mass is 428 g/mol. The zero-order valence-electron chi connectivity index (χ0n) is 18.8. The number of benzene rings is 1. The largest absolute Gasteiger partial charge is 0.493 e. The van der Waals surface area contributed by atoms with Crippen molar-refractivity contribution < 1.29 is 19.0 Å². The molecule has 0 saturated carbocycles. The van der Waals surface area contributed by atoms with Gasteiger partial charge in [-0.1, -0.05) is 0 Å². The van der Waals surface area contributed by atoms with Gasteiger partial charge in [0.05, 0.1) is 19.9 Å². The number of aromatic nitrogens is 2. The molecule has 4 unspecified atom stereocenters. The number of ether oxygens (including phenoxy) is 3. The molecule has 1 aromatic carbocycles. The lowest BCUT2D eigenvalue weighted by Crippen LogP contribution is -2.56. The summed E-state index contributed by atoms with van der Waals surface area (Å²) in [6.07, 6.45) is 2.28. The minimum Gasteiger partial charge on any atom is -0.493 e. The molecule has 3 aliphatic heterocycles. The van der Waals surface area contributed by atoms with E-state index in [0.29, 0.717) is 35.9 Å². The van der Waals surface area contributed by atoms with Gasteiger partial charge < -0.3 is 19.5 Å². The van der Waals surface area contributed by atoms with Gasteiger partial charge in [-0.05, 0) is 49.6 Å². The van der Waals surface area contributed by atoms with E-state index in [0.717, 1.165) is 30.8 Å². The Labute approximate surface area is 183 Å². The van der Waals surface area contributed by atoms with Crippen LogP contribution in [0.5, 0.6) is 11.5 Å². The van der Waals surface area contributed by atoms with Crippen LogP contribution in [0, 0.1) is 5.92 Å². The van der Waals surface area contributed by atoms with Gasteiger partial charge in [-0.2, -0.15) is 5.10 Å². The van der Waals surface area contributed by atoms with Gasteiger partial charge in [0.15, 0.2) is 11.5 Å². The lowest BCUT2D eigenvalue weighted by Gasteiger charge is -2.50. The quantitative estimate of drug-likeness (QED) is 0.693. The van der Waals surface area contributed by atoms with E-state index in [-0.39, 0.29) is 12.5 Å². The lowest BCUT2D eigenvalue weighted by atomic mass is 9.74. The average Bonchev–Trinajstić information content (AvgIpc) is 3.19. The van der Waals surface area contributed by atoms with Crippen LogP contribution in [0.25, 0.3) is 11.3 Å². The summed E-state index contributed by atoms with van der Waals surface area (Å²) in [6.45, 7) is 2.90. The molecular weight excluding hydrogens is 396 g/mol. The van der Waals surface area contributed by atoms with Crippen LogP contribution >= 0.6 is 0 Å². The van der Waals surface area contributed by atoms with Crippen molar-refractivity contribution in [3.63, 3.8) is 0 Å². The normalized spacial score (nSPS) is 24.8. The first-order valence-corrected chi connectivity index (χ1v) is 10.8. The third-order valence-corrected chi connectivity index (χ3v) is 6.66. The summed E-state index contributed by atoms with van der Waals surface area (Å²) in [7, 11) is 6.85. The predicted molar refractivity (Wildman–Crippen MR) is 117 cm³/mol. The van der Waals surface area contributed by atoms with Crippen LogP contribution in [0.1, 0.15) is 24.5 Å². The van der Waals surface area contributed by atoms with Gasteiger partial charge in [-0.25, -0.2) is 0 Å². The SMILES string of the molecule is COCC(=O)NCC1CC2CCN1CC2c1cc(-c2ccc(OC)c(OC)c2)nn1C. The Balaban J connectivity index is 1.48. The highest BCUT2D eigenvalue weighted by molar-refractivity contribution is 5.77. The molecule has 0 aliphatic carbocycles. The van der Waals surface area contributed by atoms with Crippen LogP contribution < -0.4 is 14.8 Å². The Morgan fingerprint density at radius 1 is 1.19 bits per heavy atom. The number of nitrogens with one attached hydrogen (secondary N) is 1. The van der Waals surface area contributed by atoms with E-state index >= 15 is 0 Å². The molecule has 8 heteroatoms. The summed E-state index contributed by atoms with van der Waals surface area (Å²) < 4.78 is 17.7. The molecule has 4 heterocycles. The Kier molecular flexibility index (Phi) is 6.48. The molecule has 3 saturated heterocycles. The maximum atomic E-state index is 11.8. The Morgan fingerprint density at radius 3 is 2.68 bits per heavy atom. The van der Waals surface area contributed by atoms with Crippen molar-refractivity contribution in [1.82, 2.24) is 20.0 Å². The average molecular weight is 429 g/mol. The minimum atomic E-state index is -0.0482. The summed E-state index contributed by atoms with van der Waals surface area (Å²) in [5, 5.41) is 7.81. The smallest absolute Gasteiger partial charge is 0.246 e. The molecule has 5 rings (SSSR count). The van der Waals surface area contributed by atoms with E-state index in [4.69, 9.17) is 19.3 Å². The van der Waals surface area contributed by atoms with Crippen LogP contribution in [0.15, 0.2) is 24.3 Å². The van der Waals surface area contributed by atoms with Crippen molar-refractivity contribution in [1.29, 1.82) is 0 Å². The number of rotatable bonds is 8. The second kappa shape index (κ2) is 9.28. The van der Waals surface area contributed by atoms with Crippen molar-refractivity contribution in [2.75, 3.05) is 47.6 Å². The molecule has 1 aromatic heterocycles. The molecule has 4 atom stereocenters. The van der Waals surface area contributed by atoms with E-state index in [1.54, 1.807) is 21.3 Å². The molecule has 0 spiro atoms. The predicted octanol–water partition coefficient (Wildman–Crippen LogP) is 2.04. The van der Waals surface area contributed by atoms with E-state index < -0.39 is 0 Å². The van der Waals surface area contributed by atoms with Crippen LogP contribution in [0.3, 0.4) is 0 Å². The topological polar surface area (TPSA) is 77.8 Å². The maximum absolute atomic E-state index is 11.8. The fourth-order valence-electron chi connectivity index (χ4n) is 5.06. The standard InChI is InChI=1S/C23H32N4O4/c1-26-20(11-19(25-26)16-5-6-21(30-3)22(10-16)31-4)18-13-27-8-7-15(18)9-17(27)12-24-23(28)14-29-2/h5-6,10-11,15,17-18H,7-9,12-14H2,1-4H3,(H,24,28). The molecule has 31 heavy (non-hydrogen) atoms. The summed E-state index contributed by atoms with van der Waals surface area (Å²) in [5.74, 6) is 2.42.